The number of nitrogens with one attached hydrogen (secondary N) is 1. The largest absolute Gasteiger partial charge is 0.390 e. The molecule has 3 aromatic rings. The number of fused-ring (bicyclic) bond motifs is 1. The van der Waals surface area contributed by atoms with Crippen LogP contribution in [0, 0.1) is 0 Å². The fourth-order valence-electron chi connectivity index (χ4n) is 4.13. The van der Waals surface area contributed by atoms with Gasteiger partial charge in [0.1, 0.15) is 11.0 Å². The molecule has 1 saturated carbocycles. The zero-order valence-corrected chi connectivity index (χ0v) is 17.3. The molecule has 0 radical (unpaired) electrons. The Morgan fingerprint density at radius 1 is 1.19 bits per heavy atom. The van der Waals surface area contributed by atoms with Crippen LogP contribution in [0.15, 0.2) is 30.7 Å². The lowest BCUT2D eigenvalue weighted by atomic mass is 10.1. The van der Waals surface area contributed by atoms with Gasteiger partial charge in [-0.3, -0.25) is 4.98 Å². The minimum Gasteiger partial charge on any atom is -0.353 e. The van der Waals surface area contributed by atoms with Crippen LogP contribution in [0.4, 0.5) is 19.0 Å². The van der Waals surface area contributed by atoms with Crippen LogP contribution in [0.3, 0.4) is 0 Å². The third-order valence-electron chi connectivity index (χ3n) is 5.65. The summed E-state index contributed by atoms with van der Waals surface area (Å²) in [6.07, 6.45) is 2.14. The van der Waals surface area contributed by atoms with E-state index in [0.717, 1.165) is 23.8 Å². The number of hydrogen-bond acceptors (Lipinski definition) is 6. The lowest BCUT2D eigenvalue weighted by Crippen LogP contribution is -2.52. The molecule has 1 unspecified atom stereocenters. The van der Waals surface area contributed by atoms with Crippen molar-refractivity contribution in [2.24, 2.45) is 0 Å². The van der Waals surface area contributed by atoms with Crippen molar-refractivity contribution in [2.45, 2.75) is 37.4 Å². The van der Waals surface area contributed by atoms with Gasteiger partial charge in [-0.05, 0) is 36.5 Å². The topological polar surface area (TPSA) is 66.8 Å². The smallest absolute Gasteiger partial charge is 0.353 e. The third kappa shape index (κ3) is 4.43. The Hall–Kier alpha value is -2.52. The molecule has 10 heteroatoms. The molecule has 0 bridgehead atoms. The number of halogens is 4. The summed E-state index contributed by atoms with van der Waals surface area (Å²) >= 11 is 6.05. The predicted molar refractivity (Wildman–Crippen MR) is 112 cm³/mol. The Balaban J connectivity index is 1.62. The van der Waals surface area contributed by atoms with E-state index in [9.17, 15) is 13.2 Å². The molecular weight excluding hydrogens is 429 g/mol. The minimum atomic E-state index is -4.23. The molecule has 1 atom stereocenters. The molecular formula is C21H20ClF3N6. The summed E-state index contributed by atoms with van der Waals surface area (Å²) in [6.45, 7) is 1.23. The number of piperazine rings is 1. The van der Waals surface area contributed by atoms with Crippen molar-refractivity contribution >= 4 is 28.3 Å². The van der Waals surface area contributed by atoms with Crippen LogP contribution in [0.2, 0.25) is 5.15 Å². The summed E-state index contributed by atoms with van der Waals surface area (Å²) in [6, 6.07) is 2.75. The lowest BCUT2D eigenvalue weighted by molar-refractivity contribution is -0.139. The van der Waals surface area contributed by atoms with Gasteiger partial charge in [0.2, 0.25) is 0 Å². The first-order valence-electron chi connectivity index (χ1n) is 10.2. The highest BCUT2D eigenvalue weighted by molar-refractivity contribution is 6.29. The van der Waals surface area contributed by atoms with Crippen molar-refractivity contribution in [3.8, 4) is 11.4 Å². The standard InChI is InChI=1S/C21H20ClF3N6/c22-17-7-13(3-4-28-17)19-29-16-10-26-9-15(12-1-2-12)18(16)20(30-19)31-6-5-27-14(11-31)8-21(23,24)25/h3-4,7,9-10,12,14,27H,1-2,5-6,8,11H2. The van der Waals surface area contributed by atoms with E-state index in [-0.39, 0.29) is 6.54 Å². The molecule has 2 fully saturated rings. The summed E-state index contributed by atoms with van der Waals surface area (Å²) in [7, 11) is 0. The maximum atomic E-state index is 13.0. The second-order valence-corrected chi connectivity index (χ2v) is 8.44. The number of alkyl halides is 3. The SMILES string of the molecule is FC(F)(F)CC1CN(c2nc(-c3ccnc(Cl)c3)nc3cncc(C4CC4)c23)CCN1. The highest BCUT2D eigenvalue weighted by Gasteiger charge is 2.35. The van der Waals surface area contributed by atoms with Crippen LogP contribution in [0.5, 0.6) is 0 Å². The Kier molecular flexibility index (Phi) is 5.18. The molecule has 1 N–H and O–H groups in total. The molecule has 2 aliphatic rings. The molecule has 1 aliphatic carbocycles. The van der Waals surface area contributed by atoms with Gasteiger partial charge < -0.3 is 10.2 Å². The quantitative estimate of drug-likeness (QED) is 0.599. The van der Waals surface area contributed by atoms with Crippen LogP contribution in [-0.2, 0) is 0 Å². The van der Waals surface area contributed by atoms with Crippen LogP contribution >= 0.6 is 11.6 Å². The maximum absolute atomic E-state index is 13.0. The normalized spacial score (nSPS) is 19.7. The summed E-state index contributed by atoms with van der Waals surface area (Å²) in [5.74, 6) is 1.51. The Labute approximate surface area is 181 Å². The van der Waals surface area contributed by atoms with Gasteiger partial charge in [-0.1, -0.05) is 11.6 Å². The van der Waals surface area contributed by atoms with Gasteiger partial charge in [-0.2, -0.15) is 13.2 Å². The predicted octanol–water partition coefficient (Wildman–Crippen LogP) is 4.35. The van der Waals surface area contributed by atoms with E-state index in [1.807, 2.05) is 11.1 Å². The molecule has 0 aromatic carbocycles. The van der Waals surface area contributed by atoms with Crippen molar-refractivity contribution in [3.05, 3.63) is 41.4 Å². The number of nitrogens with zero attached hydrogens (tertiary/aromatic N) is 5. The Morgan fingerprint density at radius 2 is 2.03 bits per heavy atom. The first-order valence-corrected chi connectivity index (χ1v) is 10.6. The molecule has 1 aliphatic heterocycles. The van der Waals surface area contributed by atoms with Crippen molar-refractivity contribution in [3.63, 3.8) is 0 Å². The first-order chi connectivity index (χ1) is 14.9. The third-order valence-corrected chi connectivity index (χ3v) is 5.86. The summed E-state index contributed by atoms with van der Waals surface area (Å²) in [5.41, 5.74) is 2.45. The van der Waals surface area contributed by atoms with E-state index in [1.54, 1.807) is 24.5 Å². The molecule has 3 aromatic heterocycles. The first kappa shape index (κ1) is 20.4. The number of pyridine rings is 2. The molecule has 1 saturated heterocycles. The van der Waals surface area contributed by atoms with Gasteiger partial charge in [0.05, 0.1) is 18.1 Å². The second-order valence-electron chi connectivity index (χ2n) is 8.05. The summed E-state index contributed by atoms with van der Waals surface area (Å²) in [5, 5.41) is 4.19. The highest BCUT2D eigenvalue weighted by Crippen LogP contribution is 2.45. The van der Waals surface area contributed by atoms with Crippen molar-refractivity contribution in [1.29, 1.82) is 0 Å². The fourth-order valence-corrected chi connectivity index (χ4v) is 4.30. The molecule has 0 amide bonds. The number of aromatic nitrogens is 4. The van der Waals surface area contributed by atoms with E-state index in [0.29, 0.717) is 46.9 Å². The molecule has 4 heterocycles. The zero-order chi connectivity index (χ0) is 21.6. The average Bonchev–Trinajstić information content (AvgIpc) is 3.57. The average molecular weight is 449 g/mol. The number of rotatable bonds is 4. The van der Waals surface area contributed by atoms with E-state index < -0.39 is 18.6 Å². The number of anilines is 1. The Bertz CT molecular complexity index is 1120. The minimum absolute atomic E-state index is 0.217. The summed E-state index contributed by atoms with van der Waals surface area (Å²) in [4.78, 5) is 19.8. The van der Waals surface area contributed by atoms with Gasteiger partial charge in [0, 0.05) is 49.0 Å². The molecule has 31 heavy (non-hydrogen) atoms. The maximum Gasteiger partial charge on any atom is 0.390 e. The molecule has 6 nitrogen and oxygen atoms in total. The summed E-state index contributed by atoms with van der Waals surface area (Å²) < 4.78 is 39.0. The van der Waals surface area contributed by atoms with E-state index in [4.69, 9.17) is 21.6 Å². The van der Waals surface area contributed by atoms with Gasteiger partial charge in [0.25, 0.3) is 0 Å². The van der Waals surface area contributed by atoms with E-state index in [1.165, 1.54) is 0 Å². The molecule has 162 valence electrons. The zero-order valence-electron chi connectivity index (χ0n) is 16.5. The van der Waals surface area contributed by atoms with Gasteiger partial charge in [-0.15, -0.1) is 0 Å². The van der Waals surface area contributed by atoms with E-state index >= 15 is 0 Å². The van der Waals surface area contributed by atoms with Gasteiger partial charge in [0.15, 0.2) is 5.82 Å². The van der Waals surface area contributed by atoms with Crippen LogP contribution < -0.4 is 10.2 Å². The van der Waals surface area contributed by atoms with Crippen molar-refractivity contribution in [2.75, 3.05) is 24.5 Å². The van der Waals surface area contributed by atoms with Crippen LogP contribution in [0.1, 0.15) is 30.7 Å². The van der Waals surface area contributed by atoms with Gasteiger partial charge in [-0.25, -0.2) is 15.0 Å². The van der Waals surface area contributed by atoms with E-state index in [2.05, 4.69) is 15.3 Å². The second kappa shape index (κ2) is 7.87. The molecule has 5 rings (SSSR count). The Morgan fingerprint density at radius 3 is 2.77 bits per heavy atom. The monoisotopic (exact) mass is 448 g/mol. The lowest BCUT2D eigenvalue weighted by Gasteiger charge is -2.35. The van der Waals surface area contributed by atoms with Crippen molar-refractivity contribution in [1.82, 2.24) is 25.3 Å². The highest BCUT2D eigenvalue weighted by atomic mass is 35.5. The fraction of sp³-hybridized carbons (Fsp3) is 0.429. The molecule has 0 spiro atoms. The van der Waals surface area contributed by atoms with Crippen molar-refractivity contribution < 1.29 is 13.2 Å². The number of hydrogen-bond donors (Lipinski definition) is 1. The van der Waals surface area contributed by atoms with Crippen LogP contribution in [0.25, 0.3) is 22.3 Å². The van der Waals surface area contributed by atoms with Crippen LogP contribution in [-0.4, -0.2) is 51.8 Å². The van der Waals surface area contributed by atoms with Gasteiger partial charge >= 0.3 is 6.18 Å².